The molecule has 2 rings (SSSR count). The van der Waals surface area contributed by atoms with E-state index in [2.05, 4.69) is 10.6 Å². The number of hydrogen-bond acceptors (Lipinski definition) is 2. The van der Waals surface area contributed by atoms with E-state index >= 15 is 0 Å². The molecular weight excluding hydrogens is 283 g/mol. The van der Waals surface area contributed by atoms with Crippen molar-refractivity contribution >= 4 is 6.03 Å². The Hall–Kier alpha value is -1.62. The minimum absolute atomic E-state index is 0.00105. The maximum Gasteiger partial charge on any atom is 0.315 e. The van der Waals surface area contributed by atoms with Crippen molar-refractivity contribution in [2.75, 3.05) is 6.61 Å². The first kappa shape index (κ1) is 16.7. The molecule has 1 fully saturated rings. The van der Waals surface area contributed by atoms with Crippen molar-refractivity contribution in [1.29, 1.82) is 0 Å². The predicted molar refractivity (Wildman–Crippen MR) is 84.1 cm³/mol. The number of amides is 2. The first-order valence-electron chi connectivity index (χ1n) is 7.85. The Bertz CT molecular complexity index is 523. The monoisotopic (exact) mass is 308 g/mol. The number of urea groups is 1. The molecule has 1 aromatic rings. The van der Waals surface area contributed by atoms with E-state index in [9.17, 15) is 14.3 Å². The highest BCUT2D eigenvalue weighted by Crippen LogP contribution is 2.37. The van der Waals surface area contributed by atoms with Crippen LogP contribution in [0.15, 0.2) is 24.3 Å². The molecule has 22 heavy (non-hydrogen) atoms. The molecule has 0 heterocycles. The average molecular weight is 308 g/mol. The van der Waals surface area contributed by atoms with E-state index in [0.717, 1.165) is 24.8 Å². The van der Waals surface area contributed by atoms with Gasteiger partial charge in [0.2, 0.25) is 0 Å². The Labute approximate surface area is 131 Å². The number of benzene rings is 1. The van der Waals surface area contributed by atoms with E-state index in [1.165, 1.54) is 12.1 Å². The van der Waals surface area contributed by atoms with Crippen LogP contribution in [0.25, 0.3) is 0 Å². The third-order valence-corrected chi connectivity index (χ3v) is 4.56. The summed E-state index contributed by atoms with van der Waals surface area (Å²) in [6.45, 7) is 3.97. The van der Waals surface area contributed by atoms with Crippen molar-refractivity contribution in [3.05, 3.63) is 35.6 Å². The lowest BCUT2D eigenvalue weighted by molar-refractivity contribution is 0.121. The third kappa shape index (κ3) is 4.19. The summed E-state index contributed by atoms with van der Waals surface area (Å²) in [7, 11) is 0. The standard InChI is InChI=1S/C17H25FN2O2/c1-12(9-13-5-3-6-14(18)10-13)19-16(22)20-15-7-4-8-17(15,2)11-21/h3,5-6,10,12,15,21H,4,7-9,11H2,1-2H3,(H2,19,20,22). The van der Waals surface area contributed by atoms with Crippen LogP contribution in [0.1, 0.15) is 38.7 Å². The van der Waals surface area contributed by atoms with Gasteiger partial charge in [0.05, 0.1) is 6.61 Å². The second-order valence-electron chi connectivity index (χ2n) is 6.61. The molecule has 3 atom stereocenters. The number of rotatable bonds is 5. The van der Waals surface area contributed by atoms with Crippen LogP contribution >= 0.6 is 0 Å². The second kappa shape index (κ2) is 7.09. The predicted octanol–water partition coefficient (Wildman–Crippen LogP) is 2.61. The molecule has 2 amide bonds. The van der Waals surface area contributed by atoms with Gasteiger partial charge in [0.15, 0.2) is 0 Å². The second-order valence-corrected chi connectivity index (χ2v) is 6.61. The fraction of sp³-hybridized carbons (Fsp3) is 0.588. The van der Waals surface area contributed by atoms with Gasteiger partial charge in [-0.05, 0) is 43.9 Å². The fourth-order valence-electron chi connectivity index (χ4n) is 3.16. The van der Waals surface area contributed by atoms with E-state index in [1.54, 1.807) is 6.07 Å². The zero-order valence-electron chi connectivity index (χ0n) is 13.2. The Balaban J connectivity index is 1.84. The van der Waals surface area contributed by atoms with Gasteiger partial charge in [-0.1, -0.05) is 25.5 Å². The highest BCUT2D eigenvalue weighted by Gasteiger charge is 2.39. The summed E-state index contributed by atoms with van der Waals surface area (Å²) in [5, 5.41) is 15.4. The minimum atomic E-state index is -0.265. The number of aliphatic hydroxyl groups excluding tert-OH is 1. The maximum atomic E-state index is 13.2. The van der Waals surface area contributed by atoms with Crippen molar-refractivity contribution in [2.24, 2.45) is 5.41 Å². The summed E-state index contributed by atoms with van der Waals surface area (Å²) in [6.07, 6.45) is 3.41. The third-order valence-electron chi connectivity index (χ3n) is 4.56. The summed E-state index contributed by atoms with van der Waals surface area (Å²) < 4.78 is 13.2. The van der Waals surface area contributed by atoms with E-state index in [1.807, 2.05) is 19.9 Å². The molecule has 1 aliphatic rings. The van der Waals surface area contributed by atoms with Gasteiger partial charge in [0, 0.05) is 17.5 Å². The molecule has 0 spiro atoms. The van der Waals surface area contributed by atoms with E-state index in [4.69, 9.17) is 0 Å². The first-order valence-corrected chi connectivity index (χ1v) is 7.85. The van der Waals surface area contributed by atoms with Gasteiger partial charge in [-0.15, -0.1) is 0 Å². The van der Waals surface area contributed by atoms with Crippen molar-refractivity contribution in [3.63, 3.8) is 0 Å². The Kier molecular flexibility index (Phi) is 5.40. The van der Waals surface area contributed by atoms with Crippen molar-refractivity contribution < 1.29 is 14.3 Å². The molecular formula is C17H25FN2O2. The molecule has 1 saturated carbocycles. The lowest BCUT2D eigenvalue weighted by Gasteiger charge is -2.30. The minimum Gasteiger partial charge on any atom is -0.396 e. The molecule has 3 unspecified atom stereocenters. The van der Waals surface area contributed by atoms with Crippen LogP contribution in [0.2, 0.25) is 0 Å². The van der Waals surface area contributed by atoms with E-state index < -0.39 is 0 Å². The number of nitrogens with one attached hydrogen (secondary N) is 2. The van der Waals surface area contributed by atoms with Gasteiger partial charge in [-0.2, -0.15) is 0 Å². The number of aliphatic hydroxyl groups is 1. The number of hydrogen-bond donors (Lipinski definition) is 3. The smallest absolute Gasteiger partial charge is 0.315 e. The first-order chi connectivity index (χ1) is 10.4. The zero-order chi connectivity index (χ0) is 16.2. The van der Waals surface area contributed by atoms with Crippen LogP contribution in [-0.4, -0.2) is 29.8 Å². The molecule has 0 aliphatic heterocycles. The van der Waals surface area contributed by atoms with Gasteiger partial charge in [0.25, 0.3) is 0 Å². The summed E-state index contributed by atoms with van der Waals surface area (Å²) >= 11 is 0. The fourth-order valence-corrected chi connectivity index (χ4v) is 3.16. The molecule has 1 aliphatic carbocycles. The van der Waals surface area contributed by atoms with Gasteiger partial charge in [0.1, 0.15) is 5.82 Å². The highest BCUT2D eigenvalue weighted by atomic mass is 19.1. The average Bonchev–Trinajstić information content (AvgIpc) is 2.80. The van der Waals surface area contributed by atoms with E-state index in [-0.39, 0.29) is 36.0 Å². The summed E-state index contributed by atoms with van der Waals surface area (Å²) in [5.41, 5.74) is 0.622. The molecule has 1 aromatic carbocycles. The van der Waals surface area contributed by atoms with Crippen LogP contribution < -0.4 is 10.6 Å². The SMILES string of the molecule is CC(Cc1cccc(F)c1)NC(=O)NC1CCCC1(C)CO. The van der Waals surface area contributed by atoms with Gasteiger partial charge in [-0.25, -0.2) is 9.18 Å². The van der Waals surface area contributed by atoms with Gasteiger partial charge < -0.3 is 15.7 Å². The van der Waals surface area contributed by atoms with Crippen LogP contribution in [-0.2, 0) is 6.42 Å². The lowest BCUT2D eigenvalue weighted by Crippen LogP contribution is -2.50. The van der Waals surface area contributed by atoms with Gasteiger partial charge in [-0.3, -0.25) is 0 Å². The Morgan fingerprint density at radius 3 is 3.00 bits per heavy atom. The normalized spacial score (nSPS) is 25.7. The van der Waals surface area contributed by atoms with E-state index in [0.29, 0.717) is 6.42 Å². The quantitative estimate of drug-likeness (QED) is 0.783. The lowest BCUT2D eigenvalue weighted by atomic mass is 9.86. The number of carbonyl (C=O) groups excluding carboxylic acids is 1. The van der Waals surface area contributed by atoms with Gasteiger partial charge >= 0.3 is 6.03 Å². The summed E-state index contributed by atoms with van der Waals surface area (Å²) in [4.78, 5) is 12.1. The molecule has 0 aromatic heterocycles. The van der Waals surface area contributed by atoms with Crippen LogP contribution in [0.3, 0.4) is 0 Å². The maximum absolute atomic E-state index is 13.2. The molecule has 4 nitrogen and oxygen atoms in total. The molecule has 122 valence electrons. The zero-order valence-corrected chi connectivity index (χ0v) is 13.2. The van der Waals surface area contributed by atoms with Crippen molar-refractivity contribution in [2.45, 2.75) is 51.6 Å². The Morgan fingerprint density at radius 2 is 2.32 bits per heavy atom. The number of halogens is 1. The number of carbonyl (C=O) groups is 1. The molecule has 0 saturated heterocycles. The van der Waals surface area contributed by atoms with Crippen LogP contribution in [0.5, 0.6) is 0 Å². The van der Waals surface area contributed by atoms with Crippen molar-refractivity contribution in [1.82, 2.24) is 10.6 Å². The molecule has 0 bridgehead atoms. The van der Waals surface area contributed by atoms with Crippen LogP contribution in [0, 0.1) is 11.2 Å². The largest absolute Gasteiger partial charge is 0.396 e. The molecule has 3 N–H and O–H groups in total. The Morgan fingerprint density at radius 1 is 1.55 bits per heavy atom. The highest BCUT2D eigenvalue weighted by molar-refractivity contribution is 5.74. The summed E-state index contributed by atoms with van der Waals surface area (Å²) in [6, 6.07) is 6.08. The topological polar surface area (TPSA) is 61.4 Å². The summed E-state index contributed by atoms with van der Waals surface area (Å²) in [5.74, 6) is -0.265. The molecule has 0 radical (unpaired) electrons. The van der Waals surface area contributed by atoms with Crippen LogP contribution in [0.4, 0.5) is 9.18 Å². The van der Waals surface area contributed by atoms with Crippen molar-refractivity contribution in [3.8, 4) is 0 Å². The molecule has 5 heteroatoms.